The molecule has 0 bridgehead atoms. The molecule has 0 aromatic carbocycles. The number of ether oxygens (including phenoxy) is 1. The zero-order valence-corrected chi connectivity index (χ0v) is 13.5. The summed E-state index contributed by atoms with van der Waals surface area (Å²) in [4.78, 5) is 19.1. The molecule has 6 heteroatoms. The van der Waals surface area contributed by atoms with Crippen LogP contribution in [0.5, 0.6) is 0 Å². The summed E-state index contributed by atoms with van der Waals surface area (Å²) < 4.78 is 5.47. The van der Waals surface area contributed by atoms with Crippen LogP contribution in [0.1, 0.15) is 44.6 Å². The second-order valence-corrected chi connectivity index (χ2v) is 6.57. The number of aromatic nitrogens is 2. The van der Waals surface area contributed by atoms with Gasteiger partial charge in [-0.2, -0.15) is 0 Å². The van der Waals surface area contributed by atoms with Gasteiger partial charge in [-0.05, 0) is 56.7 Å². The number of fused-ring (bicyclic) bond motifs is 1. The topological polar surface area (TPSA) is 67.0 Å². The quantitative estimate of drug-likeness (QED) is 0.898. The Morgan fingerprint density at radius 2 is 2.27 bits per heavy atom. The van der Waals surface area contributed by atoms with Crippen molar-refractivity contribution in [3.05, 3.63) is 29.0 Å². The predicted octanol–water partition coefficient (Wildman–Crippen LogP) is 3.99. The number of carbonyl (C=O) groups excluding carboxylic acids is 1. The highest BCUT2D eigenvalue weighted by Crippen LogP contribution is 2.36. The number of nitrogens with one attached hydrogen (secondary N) is 2. The van der Waals surface area contributed by atoms with Crippen LogP contribution < -0.4 is 5.32 Å². The number of aromatic amines is 1. The average Bonchev–Trinajstić information content (AvgIpc) is 3.01. The normalized spacial score (nSPS) is 21.5. The minimum Gasteiger partial charge on any atom is -0.446 e. The SMILES string of the molecule is CC(C)NC(=O)O[C@@H]1CC[C@H](c2cnc3[nH]c(Cl)cc3c2)C1. The van der Waals surface area contributed by atoms with E-state index in [-0.39, 0.29) is 18.2 Å². The third-order valence-electron chi connectivity index (χ3n) is 3.99. The Morgan fingerprint density at radius 3 is 3.05 bits per heavy atom. The van der Waals surface area contributed by atoms with Gasteiger partial charge >= 0.3 is 6.09 Å². The van der Waals surface area contributed by atoms with E-state index in [0.717, 1.165) is 30.3 Å². The standard InChI is InChI=1S/C16H20ClN3O2/c1-9(2)19-16(21)22-13-4-3-10(6-13)12-5-11-7-14(17)20-15(11)18-8-12/h5,7-10,13H,3-4,6H2,1-2H3,(H,18,20)(H,19,21)/t10-,13+/m0/s1. The maximum absolute atomic E-state index is 11.7. The molecule has 0 spiro atoms. The molecule has 118 valence electrons. The lowest BCUT2D eigenvalue weighted by atomic mass is 9.99. The number of amides is 1. The molecular weight excluding hydrogens is 302 g/mol. The average molecular weight is 322 g/mol. The van der Waals surface area contributed by atoms with E-state index in [1.165, 1.54) is 5.56 Å². The van der Waals surface area contributed by atoms with Crippen LogP contribution in [0.4, 0.5) is 4.79 Å². The Kier molecular flexibility index (Phi) is 4.25. The highest BCUT2D eigenvalue weighted by atomic mass is 35.5. The first-order valence-corrected chi connectivity index (χ1v) is 8.00. The lowest BCUT2D eigenvalue weighted by molar-refractivity contribution is 0.0982. The summed E-state index contributed by atoms with van der Waals surface area (Å²) in [7, 11) is 0. The minimum absolute atomic E-state index is 0.0192. The van der Waals surface area contributed by atoms with Crippen molar-refractivity contribution in [3.63, 3.8) is 0 Å². The number of rotatable bonds is 3. The molecule has 2 N–H and O–H groups in total. The van der Waals surface area contributed by atoms with Gasteiger partial charge in [0.25, 0.3) is 0 Å². The molecular formula is C16H20ClN3O2. The maximum Gasteiger partial charge on any atom is 0.407 e. The van der Waals surface area contributed by atoms with Crippen LogP contribution in [-0.2, 0) is 4.74 Å². The van der Waals surface area contributed by atoms with Crippen LogP contribution in [0.2, 0.25) is 5.15 Å². The first-order valence-electron chi connectivity index (χ1n) is 7.62. The maximum atomic E-state index is 11.7. The smallest absolute Gasteiger partial charge is 0.407 e. The van der Waals surface area contributed by atoms with Crippen LogP contribution in [0.3, 0.4) is 0 Å². The van der Waals surface area contributed by atoms with Gasteiger partial charge in [-0.3, -0.25) is 0 Å². The first kappa shape index (κ1) is 15.2. The van der Waals surface area contributed by atoms with Crippen molar-refractivity contribution in [2.75, 3.05) is 0 Å². The molecule has 5 nitrogen and oxygen atoms in total. The van der Waals surface area contributed by atoms with Crippen molar-refractivity contribution in [3.8, 4) is 0 Å². The Hall–Kier alpha value is -1.75. The number of nitrogens with zero attached hydrogens (tertiary/aromatic N) is 1. The molecule has 0 saturated heterocycles. The summed E-state index contributed by atoms with van der Waals surface area (Å²) >= 11 is 5.96. The fraction of sp³-hybridized carbons (Fsp3) is 0.500. The Labute approximate surface area is 134 Å². The first-order chi connectivity index (χ1) is 10.5. The van der Waals surface area contributed by atoms with E-state index in [2.05, 4.69) is 21.4 Å². The van der Waals surface area contributed by atoms with Gasteiger partial charge in [-0.1, -0.05) is 11.6 Å². The highest BCUT2D eigenvalue weighted by Gasteiger charge is 2.29. The van der Waals surface area contributed by atoms with Gasteiger partial charge in [0, 0.05) is 17.6 Å². The third kappa shape index (κ3) is 3.35. The summed E-state index contributed by atoms with van der Waals surface area (Å²) in [6.07, 6.45) is 4.28. The van der Waals surface area contributed by atoms with E-state index in [1.807, 2.05) is 26.1 Å². The van der Waals surface area contributed by atoms with Crippen molar-refractivity contribution in [2.45, 2.75) is 51.2 Å². The van der Waals surface area contributed by atoms with Crippen molar-refractivity contribution >= 4 is 28.7 Å². The molecule has 1 fully saturated rings. The largest absolute Gasteiger partial charge is 0.446 e. The van der Waals surface area contributed by atoms with E-state index in [4.69, 9.17) is 16.3 Å². The van der Waals surface area contributed by atoms with Crippen LogP contribution in [0, 0.1) is 0 Å². The molecule has 2 aromatic rings. The van der Waals surface area contributed by atoms with Crippen LogP contribution in [-0.4, -0.2) is 28.2 Å². The second-order valence-electron chi connectivity index (χ2n) is 6.16. The molecule has 0 radical (unpaired) electrons. The molecule has 1 saturated carbocycles. The van der Waals surface area contributed by atoms with Crippen molar-refractivity contribution in [1.82, 2.24) is 15.3 Å². The molecule has 0 unspecified atom stereocenters. The molecule has 2 atom stereocenters. The predicted molar refractivity (Wildman–Crippen MR) is 86.2 cm³/mol. The summed E-state index contributed by atoms with van der Waals surface area (Å²) in [5.41, 5.74) is 1.98. The fourth-order valence-electron chi connectivity index (χ4n) is 2.99. The number of halogens is 1. The van der Waals surface area contributed by atoms with Crippen molar-refractivity contribution in [1.29, 1.82) is 0 Å². The van der Waals surface area contributed by atoms with Gasteiger partial charge in [-0.15, -0.1) is 0 Å². The van der Waals surface area contributed by atoms with E-state index in [0.29, 0.717) is 11.1 Å². The van der Waals surface area contributed by atoms with Crippen LogP contribution >= 0.6 is 11.6 Å². The third-order valence-corrected chi connectivity index (χ3v) is 4.20. The van der Waals surface area contributed by atoms with E-state index in [9.17, 15) is 4.79 Å². The lowest BCUT2D eigenvalue weighted by Crippen LogP contribution is -2.33. The van der Waals surface area contributed by atoms with E-state index >= 15 is 0 Å². The van der Waals surface area contributed by atoms with Gasteiger partial charge in [0.2, 0.25) is 0 Å². The summed E-state index contributed by atoms with van der Waals surface area (Å²) in [6, 6.07) is 4.09. The molecule has 2 aromatic heterocycles. The van der Waals surface area contributed by atoms with Gasteiger partial charge in [0.1, 0.15) is 16.9 Å². The minimum atomic E-state index is -0.327. The van der Waals surface area contributed by atoms with Gasteiger partial charge in [0.15, 0.2) is 0 Å². The van der Waals surface area contributed by atoms with E-state index in [1.54, 1.807) is 0 Å². The zero-order valence-electron chi connectivity index (χ0n) is 12.7. The Bertz CT molecular complexity index is 683. The second kappa shape index (κ2) is 6.16. The monoisotopic (exact) mass is 321 g/mol. The number of pyridine rings is 1. The Morgan fingerprint density at radius 1 is 1.45 bits per heavy atom. The van der Waals surface area contributed by atoms with Gasteiger partial charge < -0.3 is 15.0 Å². The highest BCUT2D eigenvalue weighted by molar-refractivity contribution is 6.30. The number of alkyl carbamates (subject to hydrolysis) is 1. The number of H-pyrrole nitrogens is 1. The summed E-state index contributed by atoms with van der Waals surface area (Å²) in [5, 5.41) is 4.37. The molecule has 22 heavy (non-hydrogen) atoms. The fourth-order valence-corrected chi connectivity index (χ4v) is 3.20. The number of hydrogen-bond acceptors (Lipinski definition) is 3. The van der Waals surface area contributed by atoms with E-state index < -0.39 is 0 Å². The van der Waals surface area contributed by atoms with Crippen LogP contribution in [0.25, 0.3) is 11.0 Å². The number of hydrogen-bond donors (Lipinski definition) is 2. The molecule has 3 rings (SSSR count). The van der Waals surface area contributed by atoms with Gasteiger partial charge in [0.05, 0.1) is 0 Å². The zero-order chi connectivity index (χ0) is 15.7. The molecule has 1 aliphatic carbocycles. The number of carbonyl (C=O) groups is 1. The molecule has 1 amide bonds. The molecule has 2 heterocycles. The molecule has 0 aliphatic heterocycles. The van der Waals surface area contributed by atoms with Crippen molar-refractivity contribution in [2.24, 2.45) is 0 Å². The summed E-state index contributed by atoms with van der Waals surface area (Å²) in [5.74, 6) is 0.377. The lowest BCUT2D eigenvalue weighted by Gasteiger charge is -2.15. The molecule has 1 aliphatic rings. The van der Waals surface area contributed by atoms with Crippen molar-refractivity contribution < 1.29 is 9.53 Å². The van der Waals surface area contributed by atoms with Crippen LogP contribution in [0.15, 0.2) is 18.3 Å². The van der Waals surface area contributed by atoms with Gasteiger partial charge in [-0.25, -0.2) is 9.78 Å². The summed E-state index contributed by atoms with van der Waals surface area (Å²) in [6.45, 7) is 3.84. The Balaban J connectivity index is 1.64.